The van der Waals surface area contributed by atoms with E-state index in [1.807, 2.05) is 30.5 Å². The van der Waals surface area contributed by atoms with Gasteiger partial charge in [-0.15, -0.1) is 0 Å². The second-order valence-electron chi connectivity index (χ2n) is 3.01. The molecule has 2 rings (SSSR count). The third kappa shape index (κ3) is 2.36. The molecular weight excluding hydrogens is 238 g/mol. The number of hydrogen-bond donors (Lipinski definition) is 1. The van der Waals surface area contributed by atoms with Crippen LogP contribution in [-0.4, -0.2) is 4.98 Å². The second kappa shape index (κ2) is 4.29. The third-order valence-electron chi connectivity index (χ3n) is 1.95. The summed E-state index contributed by atoms with van der Waals surface area (Å²) in [7, 11) is 0. The third-order valence-corrected chi connectivity index (χ3v) is 2.48. The highest BCUT2D eigenvalue weighted by Gasteiger charge is 1.88. The summed E-state index contributed by atoms with van der Waals surface area (Å²) in [4.78, 5) is 3.12. The summed E-state index contributed by atoms with van der Waals surface area (Å²) in [5.41, 5.74) is 2.32. The van der Waals surface area contributed by atoms with Crippen LogP contribution in [0.1, 0.15) is 11.3 Å². The highest BCUT2D eigenvalue weighted by atomic mass is 79.9. The van der Waals surface area contributed by atoms with E-state index in [0.717, 1.165) is 10.2 Å². The first-order chi connectivity index (χ1) is 6.84. The van der Waals surface area contributed by atoms with Crippen molar-refractivity contribution < 1.29 is 0 Å². The normalized spacial score (nSPS) is 10.9. The van der Waals surface area contributed by atoms with Gasteiger partial charge >= 0.3 is 0 Å². The van der Waals surface area contributed by atoms with E-state index in [2.05, 4.69) is 45.2 Å². The number of nitrogens with one attached hydrogen (secondary N) is 1. The average Bonchev–Trinajstić information content (AvgIpc) is 2.70. The Bertz CT molecular complexity index is 412. The Balaban J connectivity index is 2.15. The van der Waals surface area contributed by atoms with Crippen molar-refractivity contribution in [2.45, 2.75) is 0 Å². The lowest BCUT2D eigenvalue weighted by molar-refractivity contribution is 1.38. The van der Waals surface area contributed by atoms with Gasteiger partial charge in [0.05, 0.1) is 0 Å². The van der Waals surface area contributed by atoms with Crippen LogP contribution in [0.5, 0.6) is 0 Å². The van der Waals surface area contributed by atoms with Crippen LogP contribution in [0.4, 0.5) is 0 Å². The number of aromatic amines is 1. The predicted molar refractivity (Wildman–Crippen MR) is 63.9 cm³/mol. The van der Waals surface area contributed by atoms with Crippen LogP contribution in [0.2, 0.25) is 0 Å². The summed E-state index contributed by atoms with van der Waals surface area (Å²) in [5.74, 6) is 0. The van der Waals surface area contributed by atoms with Crippen LogP contribution < -0.4 is 0 Å². The Morgan fingerprint density at radius 1 is 1.00 bits per heavy atom. The van der Waals surface area contributed by atoms with Gasteiger partial charge in [0.25, 0.3) is 0 Å². The van der Waals surface area contributed by atoms with Gasteiger partial charge in [0.2, 0.25) is 0 Å². The Morgan fingerprint density at radius 2 is 1.79 bits per heavy atom. The Hall–Kier alpha value is -1.28. The van der Waals surface area contributed by atoms with Crippen molar-refractivity contribution >= 4 is 28.1 Å². The van der Waals surface area contributed by atoms with Crippen molar-refractivity contribution in [1.82, 2.24) is 4.98 Å². The first-order valence-electron chi connectivity index (χ1n) is 4.42. The fourth-order valence-corrected chi connectivity index (χ4v) is 1.47. The van der Waals surface area contributed by atoms with E-state index in [9.17, 15) is 0 Å². The zero-order valence-electron chi connectivity index (χ0n) is 7.57. The van der Waals surface area contributed by atoms with Crippen molar-refractivity contribution in [3.05, 3.63) is 58.3 Å². The molecule has 0 fully saturated rings. The largest absolute Gasteiger partial charge is 0.362 e. The molecule has 2 aromatic rings. The lowest BCUT2D eigenvalue weighted by Gasteiger charge is -1.92. The molecule has 0 amide bonds. The van der Waals surface area contributed by atoms with Crippen LogP contribution in [0.3, 0.4) is 0 Å². The number of benzene rings is 1. The number of halogens is 1. The van der Waals surface area contributed by atoms with Gasteiger partial charge in [-0.2, -0.15) is 0 Å². The molecule has 0 bridgehead atoms. The van der Waals surface area contributed by atoms with Gasteiger partial charge in [-0.05, 0) is 35.9 Å². The number of rotatable bonds is 2. The average molecular weight is 248 g/mol. The molecule has 0 saturated heterocycles. The maximum Gasteiger partial charge on any atom is 0.0380 e. The topological polar surface area (TPSA) is 15.8 Å². The van der Waals surface area contributed by atoms with Gasteiger partial charge in [-0.3, -0.25) is 0 Å². The molecule has 14 heavy (non-hydrogen) atoms. The van der Waals surface area contributed by atoms with Crippen LogP contribution in [0.25, 0.3) is 12.2 Å². The molecule has 0 unspecified atom stereocenters. The van der Waals surface area contributed by atoms with E-state index in [1.54, 1.807) is 0 Å². The number of hydrogen-bond acceptors (Lipinski definition) is 0. The van der Waals surface area contributed by atoms with Gasteiger partial charge in [0.1, 0.15) is 0 Å². The van der Waals surface area contributed by atoms with Gasteiger partial charge in [0, 0.05) is 16.4 Å². The van der Waals surface area contributed by atoms with Crippen LogP contribution in [-0.2, 0) is 0 Å². The molecule has 0 aliphatic heterocycles. The van der Waals surface area contributed by atoms with Crippen molar-refractivity contribution in [2.75, 3.05) is 0 Å². The van der Waals surface area contributed by atoms with Gasteiger partial charge in [-0.1, -0.05) is 34.1 Å². The zero-order chi connectivity index (χ0) is 9.80. The van der Waals surface area contributed by atoms with E-state index in [1.165, 1.54) is 5.56 Å². The van der Waals surface area contributed by atoms with Crippen molar-refractivity contribution in [2.24, 2.45) is 0 Å². The van der Waals surface area contributed by atoms with E-state index in [0.29, 0.717) is 0 Å². The maximum absolute atomic E-state index is 3.40. The standard InChI is InChI=1S/C12H10BrN/c13-11-6-3-10(4-7-11)5-8-12-2-1-9-14-12/h1-9,14H. The monoisotopic (exact) mass is 247 g/mol. The SMILES string of the molecule is Brc1ccc(C=Cc2ccc[nH]2)cc1. The summed E-state index contributed by atoms with van der Waals surface area (Å²) in [6.45, 7) is 0. The Morgan fingerprint density at radius 3 is 2.43 bits per heavy atom. The van der Waals surface area contributed by atoms with Gasteiger partial charge < -0.3 is 4.98 Å². The summed E-state index contributed by atoms with van der Waals surface area (Å²) < 4.78 is 1.11. The molecule has 1 aromatic heterocycles. The van der Waals surface area contributed by atoms with Crippen LogP contribution in [0.15, 0.2) is 47.1 Å². The molecule has 1 aromatic carbocycles. The molecular formula is C12H10BrN. The van der Waals surface area contributed by atoms with E-state index >= 15 is 0 Å². The molecule has 1 heterocycles. The Kier molecular flexibility index (Phi) is 2.84. The Labute approximate surface area is 91.6 Å². The number of aromatic nitrogens is 1. The predicted octanol–water partition coefficient (Wildman–Crippen LogP) is 3.95. The number of H-pyrrole nitrogens is 1. The summed E-state index contributed by atoms with van der Waals surface area (Å²) >= 11 is 3.40. The minimum Gasteiger partial charge on any atom is -0.362 e. The highest BCUT2D eigenvalue weighted by Crippen LogP contribution is 2.12. The fourth-order valence-electron chi connectivity index (χ4n) is 1.21. The highest BCUT2D eigenvalue weighted by molar-refractivity contribution is 9.10. The second-order valence-corrected chi connectivity index (χ2v) is 3.93. The zero-order valence-corrected chi connectivity index (χ0v) is 9.16. The molecule has 0 saturated carbocycles. The summed E-state index contributed by atoms with van der Waals surface area (Å²) in [6, 6.07) is 12.2. The lowest BCUT2D eigenvalue weighted by atomic mass is 10.2. The van der Waals surface area contributed by atoms with Crippen molar-refractivity contribution in [3.63, 3.8) is 0 Å². The lowest BCUT2D eigenvalue weighted by Crippen LogP contribution is -1.71. The summed E-state index contributed by atoms with van der Waals surface area (Å²) in [6.07, 6.45) is 6.06. The van der Waals surface area contributed by atoms with Crippen LogP contribution in [0, 0.1) is 0 Å². The molecule has 70 valence electrons. The maximum atomic E-state index is 3.40. The van der Waals surface area contributed by atoms with Crippen LogP contribution >= 0.6 is 15.9 Å². The fraction of sp³-hybridized carbons (Fsp3) is 0. The van der Waals surface area contributed by atoms with Gasteiger partial charge in [0.15, 0.2) is 0 Å². The minimum atomic E-state index is 1.11. The van der Waals surface area contributed by atoms with Gasteiger partial charge in [-0.25, -0.2) is 0 Å². The van der Waals surface area contributed by atoms with Crippen molar-refractivity contribution in [3.8, 4) is 0 Å². The molecule has 0 atom stereocenters. The molecule has 2 heteroatoms. The molecule has 1 N–H and O–H groups in total. The minimum absolute atomic E-state index is 1.11. The molecule has 0 aliphatic carbocycles. The quantitative estimate of drug-likeness (QED) is 0.828. The molecule has 1 nitrogen and oxygen atoms in total. The molecule has 0 spiro atoms. The van der Waals surface area contributed by atoms with Crippen molar-refractivity contribution in [1.29, 1.82) is 0 Å². The van der Waals surface area contributed by atoms with E-state index in [-0.39, 0.29) is 0 Å². The smallest absolute Gasteiger partial charge is 0.0380 e. The molecule has 0 radical (unpaired) electrons. The van der Waals surface area contributed by atoms with E-state index in [4.69, 9.17) is 0 Å². The first-order valence-corrected chi connectivity index (χ1v) is 5.21. The summed E-state index contributed by atoms with van der Waals surface area (Å²) in [5, 5.41) is 0. The first kappa shape index (κ1) is 9.28. The van der Waals surface area contributed by atoms with E-state index < -0.39 is 0 Å². The molecule has 0 aliphatic rings.